The van der Waals surface area contributed by atoms with Crippen molar-refractivity contribution in [1.29, 1.82) is 0 Å². The van der Waals surface area contributed by atoms with Crippen molar-refractivity contribution in [2.45, 2.75) is 33.4 Å². The topological polar surface area (TPSA) is 29.3 Å². The lowest BCUT2D eigenvalue weighted by molar-refractivity contribution is 0.179. The van der Waals surface area contributed by atoms with Crippen molar-refractivity contribution in [2.75, 3.05) is 13.6 Å². The summed E-state index contributed by atoms with van der Waals surface area (Å²) in [6, 6.07) is 4.23. The SMILES string of the molecule is CC(N)C(C)(C)CN(C)Cc1ccc(Cl)s1. The molecule has 0 saturated carbocycles. The molecule has 1 aromatic rings. The number of halogens is 1. The Labute approximate surface area is 107 Å². The van der Waals surface area contributed by atoms with E-state index < -0.39 is 0 Å². The van der Waals surface area contributed by atoms with Crippen molar-refractivity contribution in [3.63, 3.8) is 0 Å². The summed E-state index contributed by atoms with van der Waals surface area (Å²) in [4.78, 5) is 3.60. The highest BCUT2D eigenvalue weighted by Gasteiger charge is 2.24. The third-order valence-electron chi connectivity index (χ3n) is 2.96. The zero-order valence-corrected chi connectivity index (χ0v) is 12.0. The van der Waals surface area contributed by atoms with Gasteiger partial charge in [0.05, 0.1) is 4.34 Å². The third-order valence-corrected chi connectivity index (χ3v) is 4.18. The highest BCUT2D eigenvalue weighted by molar-refractivity contribution is 7.16. The molecule has 92 valence electrons. The fourth-order valence-corrected chi connectivity index (χ4v) is 2.77. The average Bonchev–Trinajstić information content (AvgIpc) is 2.49. The highest BCUT2D eigenvalue weighted by atomic mass is 35.5. The van der Waals surface area contributed by atoms with Gasteiger partial charge in [-0.1, -0.05) is 25.4 Å². The number of nitrogens with two attached hydrogens (primary N) is 1. The maximum absolute atomic E-state index is 5.97. The van der Waals surface area contributed by atoms with Gasteiger partial charge in [-0.25, -0.2) is 0 Å². The molecule has 1 heterocycles. The third kappa shape index (κ3) is 4.06. The van der Waals surface area contributed by atoms with Crippen LogP contribution in [-0.4, -0.2) is 24.5 Å². The van der Waals surface area contributed by atoms with Gasteiger partial charge in [-0.15, -0.1) is 11.3 Å². The van der Waals surface area contributed by atoms with Crippen molar-refractivity contribution >= 4 is 22.9 Å². The zero-order chi connectivity index (χ0) is 12.3. The molecule has 0 radical (unpaired) electrons. The lowest BCUT2D eigenvalue weighted by atomic mass is 9.85. The summed E-state index contributed by atoms with van der Waals surface area (Å²) in [5.41, 5.74) is 6.11. The Bertz CT molecular complexity index is 334. The fraction of sp³-hybridized carbons (Fsp3) is 0.667. The predicted molar refractivity (Wildman–Crippen MR) is 73.1 cm³/mol. The van der Waals surface area contributed by atoms with Crippen LogP contribution in [0.4, 0.5) is 0 Å². The molecular weight excluding hydrogens is 240 g/mol. The molecule has 16 heavy (non-hydrogen) atoms. The van der Waals surface area contributed by atoms with Gasteiger partial charge in [0.1, 0.15) is 0 Å². The van der Waals surface area contributed by atoms with Crippen molar-refractivity contribution in [2.24, 2.45) is 11.1 Å². The molecule has 1 unspecified atom stereocenters. The normalized spacial score (nSPS) is 14.4. The van der Waals surface area contributed by atoms with E-state index in [0.29, 0.717) is 0 Å². The lowest BCUT2D eigenvalue weighted by Gasteiger charge is -2.33. The molecule has 0 aliphatic rings. The summed E-state index contributed by atoms with van der Waals surface area (Å²) < 4.78 is 0.856. The predicted octanol–water partition coefficient (Wildman–Crippen LogP) is 3.21. The van der Waals surface area contributed by atoms with Gasteiger partial charge in [0.25, 0.3) is 0 Å². The number of hydrogen-bond donors (Lipinski definition) is 1. The molecule has 0 bridgehead atoms. The van der Waals surface area contributed by atoms with E-state index in [-0.39, 0.29) is 11.5 Å². The first-order valence-corrected chi connectivity index (χ1v) is 6.69. The minimum Gasteiger partial charge on any atom is -0.327 e. The summed E-state index contributed by atoms with van der Waals surface area (Å²) in [7, 11) is 2.12. The minimum atomic E-state index is 0.135. The van der Waals surface area contributed by atoms with Gasteiger partial charge in [-0.3, -0.25) is 0 Å². The second kappa shape index (κ2) is 5.50. The molecular formula is C12H21ClN2S. The molecule has 0 amide bonds. The second-order valence-corrected chi connectivity index (χ2v) is 6.96. The van der Waals surface area contributed by atoms with E-state index in [1.165, 1.54) is 4.88 Å². The van der Waals surface area contributed by atoms with E-state index in [2.05, 4.69) is 38.8 Å². The minimum absolute atomic E-state index is 0.135. The van der Waals surface area contributed by atoms with E-state index in [9.17, 15) is 0 Å². The van der Waals surface area contributed by atoms with Crippen LogP contribution < -0.4 is 5.73 Å². The van der Waals surface area contributed by atoms with Crippen LogP contribution in [0.2, 0.25) is 4.34 Å². The van der Waals surface area contributed by atoms with Crippen molar-refractivity contribution in [1.82, 2.24) is 4.90 Å². The van der Waals surface area contributed by atoms with Crippen molar-refractivity contribution < 1.29 is 0 Å². The van der Waals surface area contributed by atoms with E-state index in [1.54, 1.807) is 11.3 Å². The first-order chi connectivity index (χ1) is 7.31. The Balaban J connectivity index is 2.50. The van der Waals surface area contributed by atoms with Crippen LogP contribution in [0.1, 0.15) is 25.6 Å². The molecule has 0 spiro atoms. The monoisotopic (exact) mass is 260 g/mol. The number of nitrogens with zero attached hydrogens (tertiary/aromatic N) is 1. The molecule has 0 fully saturated rings. The van der Waals surface area contributed by atoms with Crippen LogP contribution in [0.25, 0.3) is 0 Å². The Morgan fingerprint density at radius 3 is 2.56 bits per heavy atom. The van der Waals surface area contributed by atoms with Gasteiger partial charge in [-0.05, 0) is 31.5 Å². The standard InChI is InChI=1S/C12H21ClN2S/c1-9(14)12(2,3)8-15(4)7-10-5-6-11(13)16-10/h5-6,9H,7-8,14H2,1-4H3. The summed E-state index contributed by atoms with van der Waals surface area (Å²) >= 11 is 7.55. The molecule has 1 atom stereocenters. The molecule has 2 nitrogen and oxygen atoms in total. The first kappa shape index (κ1) is 14.0. The maximum atomic E-state index is 5.97. The van der Waals surface area contributed by atoms with Crippen LogP contribution >= 0.6 is 22.9 Å². The highest BCUT2D eigenvalue weighted by Crippen LogP contribution is 2.25. The van der Waals surface area contributed by atoms with Crippen LogP contribution in [-0.2, 0) is 6.54 Å². The molecule has 1 aromatic heterocycles. The van der Waals surface area contributed by atoms with E-state index >= 15 is 0 Å². The average molecular weight is 261 g/mol. The molecule has 0 saturated heterocycles. The van der Waals surface area contributed by atoms with Gasteiger partial charge in [0.2, 0.25) is 0 Å². The summed E-state index contributed by atoms with van der Waals surface area (Å²) in [5, 5.41) is 0. The number of rotatable bonds is 5. The molecule has 4 heteroatoms. The zero-order valence-electron chi connectivity index (χ0n) is 10.5. The summed E-state index contributed by atoms with van der Waals surface area (Å²) in [5.74, 6) is 0. The second-order valence-electron chi connectivity index (χ2n) is 5.16. The van der Waals surface area contributed by atoms with E-state index in [4.69, 9.17) is 17.3 Å². The molecule has 2 N–H and O–H groups in total. The van der Waals surface area contributed by atoms with Crippen LogP contribution in [0.5, 0.6) is 0 Å². The van der Waals surface area contributed by atoms with Gasteiger partial charge in [0, 0.05) is 24.0 Å². The van der Waals surface area contributed by atoms with Gasteiger partial charge in [-0.2, -0.15) is 0 Å². The quantitative estimate of drug-likeness (QED) is 0.881. The fourth-order valence-electron chi connectivity index (χ4n) is 1.60. The van der Waals surface area contributed by atoms with Crippen LogP contribution in [0.15, 0.2) is 12.1 Å². The smallest absolute Gasteiger partial charge is 0.0931 e. The first-order valence-electron chi connectivity index (χ1n) is 5.49. The van der Waals surface area contributed by atoms with Crippen molar-refractivity contribution in [3.05, 3.63) is 21.3 Å². The van der Waals surface area contributed by atoms with Gasteiger partial charge in [0.15, 0.2) is 0 Å². The van der Waals surface area contributed by atoms with Gasteiger partial charge < -0.3 is 10.6 Å². The number of hydrogen-bond acceptors (Lipinski definition) is 3. The number of thiophene rings is 1. The summed E-state index contributed by atoms with van der Waals surface area (Å²) in [6.45, 7) is 8.40. The van der Waals surface area contributed by atoms with Crippen LogP contribution in [0, 0.1) is 5.41 Å². The summed E-state index contributed by atoms with van der Waals surface area (Å²) in [6.07, 6.45) is 0. The van der Waals surface area contributed by atoms with Crippen LogP contribution in [0.3, 0.4) is 0 Å². The molecule has 1 rings (SSSR count). The molecule has 0 aliphatic carbocycles. The largest absolute Gasteiger partial charge is 0.327 e. The Hall–Kier alpha value is -0.0900. The van der Waals surface area contributed by atoms with E-state index in [1.807, 2.05) is 6.07 Å². The van der Waals surface area contributed by atoms with Gasteiger partial charge >= 0.3 is 0 Å². The van der Waals surface area contributed by atoms with Crippen molar-refractivity contribution in [3.8, 4) is 0 Å². The Morgan fingerprint density at radius 1 is 1.50 bits per heavy atom. The molecule has 0 aliphatic heterocycles. The Kier molecular flexibility index (Phi) is 4.80. The lowest BCUT2D eigenvalue weighted by Crippen LogP contribution is -2.42. The maximum Gasteiger partial charge on any atom is 0.0931 e. The Morgan fingerprint density at radius 2 is 2.12 bits per heavy atom. The molecule has 0 aromatic carbocycles. The van der Waals surface area contributed by atoms with E-state index in [0.717, 1.165) is 17.4 Å².